The molecular weight excluding hydrogens is 188 g/mol. The van der Waals surface area contributed by atoms with Gasteiger partial charge in [-0.05, 0) is 34.7 Å². The summed E-state index contributed by atoms with van der Waals surface area (Å²) in [4.78, 5) is 0. The number of benzene rings is 1. The summed E-state index contributed by atoms with van der Waals surface area (Å²) in [6.45, 7) is 3.98. The van der Waals surface area contributed by atoms with E-state index in [1.165, 1.54) is 0 Å². The van der Waals surface area contributed by atoms with E-state index in [1.807, 2.05) is 13.0 Å². The molecule has 0 saturated carbocycles. The Morgan fingerprint density at radius 3 is 1.73 bits per heavy atom. The second kappa shape index (κ2) is 5.23. The zero-order valence-electron chi connectivity index (χ0n) is 9.22. The van der Waals surface area contributed by atoms with Gasteiger partial charge in [0.1, 0.15) is 0 Å². The van der Waals surface area contributed by atoms with Gasteiger partial charge in [-0.1, -0.05) is 6.07 Å². The molecule has 0 heterocycles. The van der Waals surface area contributed by atoms with Gasteiger partial charge < -0.3 is 22.9 Å². The highest BCUT2D eigenvalue weighted by Gasteiger charge is 2.11. The maximum Gasteiger partial charge on any atom is 0.0184 e. The number of hydrogen-bond acceptors (Lipinski definition) is 4. The van der Waals surface area contributed by atoms with E-state index >= 15 is 0 Å². The quantitative estimate of drug-likeness (QED) is 0.551. The first-order valence-corrected chi connectivity index (χ1v) is 5.12. The van der Waals surface area contributed by atoms with Gasteiger partial charge in [0.25, 0.3) is 0 Å². The van der Waals surface area contributed by atoms with Crippen molar-refractivity contribution in [2.75, 3.05) is 0 Å². The summed E-state index contributed by atoms with van der Waals surface area (Å²) in [6, 6.07) is 2.04. The molecule has 0 atom stereocenters. The summed E-state index contributed by atoms with van der Waals surface area (Å²) >= 11 is 0. The fraction of sp³-hybridized carbons (Fsp3) is 0.455. The first-order valence-electron chi connectivity index (χ1n) is 5.12. The third kappa shape index (κ3) is 2.18. The van der Waals surface area contributed by atoms with E-state index in [4.69, 9.17) is 22.9 Å². The van der Waals surface area contributed by atoms with Crippen LogP contribution >= 0.6 is 0 Å². The van der Waals surface area contributed by atoms with Crippen molar-refractivity contribution in [3.8, 4) is 0 Å². The summed E-state index contributed by atoms with van der Waals surface area (Å²) in [7, 11) is 0. The lowest BCUT2D eigenvalue weighted by atomic mass is 9.92. The predicted molar refractivity (Wildman–Crippen MR) is 62.7 cm³/mol. The number of nitrogens with two attached hydrogens (primary N) is 4. The molecule has 1 aromatic rings. The molecule has 8 N–H and O–H groups in total. The van der Waals surface area contributed by atoms with Gasteiger partial charge in [0.2, 0.25) is 0 Å². The molecule has 0 unspecified atom stereocenters. The van der Waals surface area contributed by atoms with Gasteiger partial charge in [0.05, 0.1) is 0 Å². The van der Waals surface area contributed by atoms with Crippen LogP contribution in [0, 0.1) is 6.92 Å². The van der Waals surface area contributed by atoms with E-state index < -0.39 is 0 Å². The predicted octanol–water partition coefficient (Wildman–Crippen LogP) is -0.170. The SMILES string of the molecule is Cc1c(CN)cc(CN)c(CN)c1CN. The third-order valence-electron chi connectivity index (χ3n) is 2.88. The minimum Gasteiger partial charge on any atom is -0.326 e. The molecule has 0 saturated heterocycles. The van der Waals surface area contributed by atoms with Crippen molar-refractivity contribution in [3.63, 3.8) is 0 Å². The van der Waals surface area contributed by atoms with Crippen LogP contribution in [0.25, 0.3) is 0 Å². The van der Waals surface area contributed by atoms with Crippen LogP contribution in [0.1, 0.15) is 27.8 Å². The van der Waals surface area contributed by atoms with E-state index in [2.05, 4.69) is 0 Å². The molecule has 15 heavy (non-hydrogen) atoms. The molecule has 1 rings (SSSR count). The second-order valence-corrected chi connectivity index (χ2v) is 3.59. The van der Waals surface area contributed by atoms with E-state index in [0.717, 1.165) is 27.8 Å². The van der Waals surface area contributed by atoms with Crippen molar-refractivity contribution in [1.82, 2.24) is 0 Å². The fourth-order valence-electron chi connectivity index (χ4n) is 1.94. The van der Waals surface area contributed by atoms with Gasteiger partial charge in [-0.15, -0.1) is 0 Å². The molecule has 84 valence electrons. The Hall–Kier alpha value is -0.940. The van der Waals surface area contributed by atoms with Crippen molar-refractivity contribution in [2.24, 2.45) is 22.9 Å². The molecule has 0 bridgehead atoms. The van der Waals surface area contributed by atoms with Crippen molar-refractivity contribution >= 4 is 0 Å². The molecule has 0 spiro atoms. The molecule has 0 fully saturated rings. The maximum absolute atomic E-state index is 5.74. The Morgan fingerprint density at radius 2 is 1.33 bits per heavy atom. The van der Waals surface area contributed by atoms with E-state index in [9.17, 15) is 0 Å². The van der Waals surface area contributed by atoms with Gasteiger partial charge in [0.15, 0.2) is 0 Å². The van der Waals surface area contributed by atoms with Crippen molar-refractivity contribution in [2.45, 2.75) is 33.1 Å². The van der Waals surface area contributed by atoms with Crippen LogP contribution in [0.3, 0.4) is 0 Å². The minimum atomic E-state index is 0.477. The minimum absolute atomic E-state index is 0.477. The van der Waals surface area contributed by atoms with Crippen LogP contribution in [0.4, 0.5) is 0 Å². The molecular formula is C11H20N4. The lowest BCUT2D eigenvalue weighted by Gasteiger charge is -2.17. The standard InChI is InChI=1S/C11H20N4/c1-7-8(3-12)2-9(4-13)11(6-15)10(7)5-14/h2H,3-6,12-15H2,1H3. The summed E-state index contributed by atoms with van der Waals surface area (Å²) < 4.78 is 0. The van der Waals surface area contributed by atoms with Gasteiger partial charge in [-0.3, -0.25) is 0 Å². The molecule has 0 aliphatic carbocycles. The van der Waals surface area contributed by atoms with Crippen molar-refractivity contribution < 1.29 is 0 Å². The van der Waals surface area contributed by atoms with Gasteiger partial charge >= 0.3 is 0 Å². The first kappa shape index (κ1) is 12.1. The zero-order valence-corrected chi connectivity index (χ0v) is 9.22. The van der Waals surface area contributed by atoms with Gasteiger partial charge in [0, 0.05) is 26.2 Å². The monoisotopic (exact) mass is 208 g/mol. The van der Waals surface area contributed by atoms with Crippen LogP contribution in [0.5, 0.6) is 0 Å². The summed E-state index contributed by atoms with van der Waals surface area (Å²) in [6.07, 6.45) is 0. The Morgan fingerprint density at radius 1 is 0.800 bits per heavy atom. The smallest absolute Gasteiger partial charge is 0.0184 e. The average Bonchev–Trinajstić information content (AvgIpc) is 2.28. The third-order valence-corrected chi connectivity index (χ3v) is 2.88. The molecule has 0 aliphatic heterocycles. The fourth-order valence-corrected chi connectivity index (χ4v) is 1.94. The van der Waals surface area contributed by atoms with E-state index in [0.29, 0.717) is 26.2 Å². The van der Waals surface area contributed by atoms with Gasteiger partial charge in [-0.25, -0.2) is 0 Å². The Kier molecular flexibility index (Phi) is 4.23. The van der Waals surface area contributed by atoms with Crippen LogP contribution in [-0.2, 0) is 26.2 Å². The topological polar surface area (TPSA) is 104 Å². The molecule has 4 nitrogen and oxygen atoms in total. The Balaban J connectivity index is 3.43. The summed E-state index contributed by atoms with van der Waals surface area (Å²) in [5.41, 5.74) is 28.3. The lowest BCUT2D eigenvalue weighted by molar-refractivity contribution is 0.897. The second-order valence-electron chi connectivity index (χ2n) is 3.59. The zero-order chi connectivity index (χ0) is 11.4. The maximum atomic E-state index is 5.74. The number of hydrogen-bond donors (Lipinski definition) is 4. The highest BCUT2D eigenvalue weighted by Crippen LogP contribution is 2.22. The molecule has 0 aromatic heterocycles. The van der Waals surface area contributed by atoms with Crippen molar-refractivity contribution in [1.29, 1.82) is 0 Å². The molecule has 0 aliphatic rings. The number of rotatable bonds is 4. The normalized spacial score (nSPS) is 10.7. The molecule has 0 radical (unpaired) electrons. The van der Waals surface area contributed by atoms with Crippen LogP contribution in [-0.4, -0.2) is 0 Å². The van der Waals surface area contributed by atoms with E-state index in [-0.39, 0.29) is 0 Å². The highest BCUT2D eigenvalue weighted by atomic mass is 14.6. The average molecular weight is 208 g/mol. The summed E-state index contributed by atoms with van der Waals surface area (Å²) in [5, 5.41) is 0. The Bertz CT molecular complexity index is 347. The lowest BCUT2D eigenvalue weighted by Crippen LogP contribution is -2.16. The molecule has 0 amide bonds. The first-order chi connectivity index (χ1) is 7.19. The van der Waals surface area contributed by atoms with Crippen LogP contribution in [0.2, 0.25) is 0 Å². The van der Waals surface area contributed by atoms with Crippen molar-refractivity contribution in [3.05, 3.63) is 33.9 Å². The highest BCUT2D eigenvalue weighted by molar-refractivity contribution is 5.45. The summed E-state index contributed by atoms with van der Waals surface area (Å²) in [5.74, 6) is 0. The van der Waals surface area contributed by atoms with Crippen LogP contribution in [0.15, 0.2) is 6.07 Å². The Labute approximate surface area is 90.6 Å². The van der Waals surface area contributed by atoms with E-state index in [1.54, 1.807) is 0 Å². The largest absolute Gasteiger partial charge is 0.326 e. The van der Waals surface area contributed by atoms with Gasteiger partial charge in [-0.2, -0.15) is 0 Å². The molecule has 1 aromatic carbocycles. The molecule has 4 heteroatoms. The van der Waals surface area contributed by atoms with Crippen LogP contribution < -0.4 is 22.9 Å².